The first kappa shape index (κ1) is 21.3. The molecule has 0 bridgehead atoms. The number of rotatable bonds is 7. The minimum Gasteiger partial charge on any atom is -0.258 e. The highest BCUT2D eigenvalue weighted by Gasteiger charge is 2.03. The smallest absolute Gasteiger partial charge is 0.258 e. The first-order valence-electron chi connectivity index (χ1n) is 9.91. The van der Waals surface area contributed by atoms with Gasteiger partial charge in [-0.25, -0.2) is 0 Å². The van der Waals surface area contributed by atoms with E-state index in [9.17, 15) is 10.1 Å². The summed E-state index contributed by atoms with van der Waals surface area (Å²) in [5, 5.41) is 35.7. The van der Waals surface area contributed by atoms with Crippen molar-refractivity contribution in [3.05, 3.63) is 113 Å². The highest BCUT2D eigenvalue weighted by molar-refractivity contribution is 5.50. The van der Waals surface area contributed by atoms with Gasteiger partial charge >= 0.3 is 0 Å². The van der Waals surface area contributed by atoms with E-state index in [1.54, 1.807) is 36.4 Å². The van der Waals surface area contributed by atoms with Gasteiger partial charge in [0.15, 0.2) is 0 Å². The fraction of sp³-hybridized carbons (Fsp3) is 0. The Morgan fingerprint density at radius 1 is 0.424 bits per heavy atom. The van der Waals surface area contributed by atoms with E-state index in [-0.39, 0.29) is 5.69 Å². The zero-order valence-corrected chi connectivity index (χ0v) is 17.3. The monoisotopic (exact) mass is 435 g/mol. The largest absolute Gasteiger partial charge is 0.269 e. The Morgan fingerprint density at radius 2 is 0.697 bits per heavy atom. The molecule has 0 saturated carbocycles. The molecule has 0 aliphatic heterocycles. The van der Waals surface area contributed by atoms with Crippen molar-refractivity contribution in [3.8, 4) is 0 Å². The molecule has 9 heteroatoms. The predicted molar refractivity (Wildman–Crippen MR) is 125 cm³/mol. The van der Waals surface area contributed by atoms with E-state index in [0.29, 0.717) is 22.7 Å². The van der Waals surface area contributed by atoms with Crippen LogP contribution in [0.25, 0.3) is 0 Å². The maximum atomic E-state index is 10.7. The minimum absolute atomic E-state index is 0.00915. The van der Waals surface area contributed by atoms with Crippen LogP contribution in [0.3, 0.4) is 0 Å². The summed E-state index contributed by atoms with van der Waals surface area (Å²) in [6, 6.07) is 29.7. The number of benzene rings is 4. The topological polar surface area (TPSA) is 117 Å². The lowest BCUT2D eigenvalue weighted by Gasteiger charge is -1.97. The molecule has 9 nitrogen and oxygen atoms in total. The minimum atomic E-state index is -0.459. The van der Waals surface area contributed by atoms with Gasteiger partial charge in [-0.3, -0.25) is 10.1 Å². The van der Waals surface area contributed by atoms with Crippen LogP contribution in [0.5, 0.6) is 0 Å². The normalized spacial score (nSPS) is 11.5. The molecule has 160 valence electrons. The summed E-state index contributed by atoms with van der Waals surface area (Å²) >= 11 is 0. The van der Waals surface area contributed by atoms with Crippen molar-refractivity contribution >= 4 is 39.8 Å². The Labute approximate surface area is 189 Å². The average molecular weight is 435 g/mol. The van der Waals surface area contributed by atoms with Crippen LogP contribution in [0, 0.1) is 10.1 Å². The van der Waals surface area contributed by atoms with Crippen LogP contribution >= 0.6 is 0 Å². The van der Waals surface area contributed by atoms with Gasteiger partial charge in [-0.1, -0.05) is 18.2 Å². The van der Waals surface area contributed by atoms with Crippen molar-refractivity contribution in [2.75, 3.05) is 0 Å². The lowest BCUT2D eigenvalue weighted by molar-refractivity contribution is -0.384. The molecular formula is C24H17N7O2. The Morgan fingerprint density at radius 3 is 1.00 bits per heavy atom. The van der Waals surface area contributed by atoms with Crippen molar-refractivity contribution in [2.45, 2.75) is 0 Å². The number of nitro benzene ring substituents is 1. The molecule has 0 atom stereocenters. The number of hydrogen-bond donors (Lipinski definition) is 0. The third-order valence-corrected chi connectivity index (χ3v) is 4.36. The predicted octanol–water partition coefficient (Wildman–Crippen LogP) is 8.84. The number of nitrogens with zero attached hydrogens (tertiary/aromatic N) is 7. The first-order chi connectivity index (χ1) is 16.2. The Bertz CT molecular complexity index is 1300. The number of non-ortho nitro benzene ring substituents is 1. The van der Waals surface area contributed by atoms with E-state index in [0.717, 1.165) is 11.4 Å². The molecule has 33 heavy (non-hydrogen) atoms. The van der Waals surface area contributed by atoms with E-state index >= 15 is 0 Å². The molecule has 0 amide bonds. The summed E-state index contributed by atoms with van der Waals surface area (Å²) in [4.78, 5) is 10.2. The molecule has 0 spiro atoms. The van der Waals surface area contributed by atoms with Gasteiger partial charge in [-0.2, -0.15) is 30.7 Å². The number of nitro groups is 1. The SMILES string of the molecule is O=[N+]([O-])c1ccc(N=Nc2ccc(N=Nc3ccc(N=Nc4ccccc4)cc3)cc2)cc1. The zero-order chi connectivity index (χ0) is 22.9. The van der Waals surface area contributed by atoms with Crippen molar-refractivity contribution in [1.29, 1.82) is 0 Å². The van der Waals surface area contributed by atoms with E-state index in [1.807, 2.05) is 54.6 Å². The summed E-state index contributed by atoms with van der Waals surface area (Å²) in [5.74, 6) is 0. The Balaban J connectivity index is 1.35. The van der Waals surface area contributed by atoms with Gasteiger partial charge in [0.2, 0.25) is 0 Å². The standard InChI is InChI=1S/C24H17N7O2/c32-31(33)24-16-14-23(15-17-24)30-29-22-12-10-21(11-13-22)28-27-20-8-6-19(7-9-20)26-25-18-4-2-1-3-5-18/h1-17H. The van der Waals surface area contributed by atoms with Gasteiger partial charge < -0.3 is 0 Å². The van der Waals surface area contributed by atoms with E-state index in [1.165, 1.54) is 12.1 Å². The molecule has 0 radical (unpaired) electrons. The average Bonchev–Trinajstić information content (AvgIpc) is 2.87. The fourth-order valence-corrected chi connectivity index (χ4v) is 2.65. The van der Waals surface area contributed by atoms with Crippen LogP contribution in [-0.4, -0.2) is 4.92 Å². The molecule has 0 aromatic heterocycles. The summed E-state index contributed by atoms with van der Waals surface area (Å²) in [6.45, 7) is 0. The number of hydrogen-bond acceptors (Lipinski definition) is 8. The molecule has 0 N–H and O–H groups in total. The molecule has 0 unspecified atom stereocenters. The van der Waals surface area contributed by atoms with Crippen molar-refractivity contribution < 1.29 is 4.92 Å². The second kappa shape index (κ2) is 10.4. The van der Waals surface area contributed by atoms with E-state index in [4.69, 9.17) is 0 Å². The van der Waals surface area contributed by atoms with Crippen LogP contribution in [-0.2, 0) is 0 Å². The molecule has 4 rings (SSSR count). The molecular weight excluding hydrogens is 418 g/mol. The van der Waals surface area contributed by atoms with Crippen LogP contribution in [0.4, 0.5) is 39.8 Å². The van der Waals surface area contributed by atoms with Crippen molar-refractivity contribution in [2.24, 2.45) is 30.7 Å². The fourth-order valence-electron chi connectivity index (χ4n) is 2.65. The third-order valence-electron chi connectivity index (χ3n) is 4.36. The molecule has 0 saturated heterocycles. The van der Waals surface area contributed by atoms with Crippen LogP contribution in [0.2, 0.25) is 0 Å². The lowest BCUT2D eigenvalue weighted by atomic mass is 10.3. The molecule has 4 aromatic rings. The maximum absolute atomic E-state index is 10.7. The summed E-state index contributed by atoms with van der Waals surface area (Å²) in [6.07, 6.45) is 0. The molecule has 0 aliphatic rings. The molecule has 0 heterocycles. The Hall–Kier alpha value is -4.92. The highest BCUT2D eigenvalue weighted by Crippen LogP contribution is 2.26. The summed E-state index contributed by atoms with van der Waals surface area (Å²) in [5.41, 5.74) is 4.02. The summed E-state index contributed by atoms with van der Waals surface area (Å²) < 4.78 is 0. The molecule has 0 fully saturated rings. The van der Waals surface area contributed by atoms with Crippen molar-refractivity contribution in [3.63, 3.8) is 0 Å². The molecule has 0 aliphatic carbocycles. The lowest BCUT2D eigenvalue weighted by Crippen LogP contribution is -1.85. The first-order valence-corrected chi connectivity index (χ1v) is 9.91. The van der Waals surface area contributed by atoms with Gasteiger partial charge in [0, 0.05) is 12.1 Å². The van der Waals surface area contributed by atoms with Crippen LogP contribution in [0.15, 0.2) is 134 Å². The molecule has 4 aromatic carbocycles. The number of azo groups is 3. The van der Waals surface area contributed by atoms with Gasteiger partial charge in [-0.05, 0) is 72.8 Å². The zero-order valence-electron chi connectivity index (χ0n) is 17.3. The third kappa shape index (κ3) is 6.28. The van der Waals surface area contributed by atoms with Crippen molar-refractivity contribution in [1.82, 2.24) is 0 Å². The van der Waals surface area contributed by atoms with Crippen LogP contribution in [0.1, 0.15) is 0 Å². The van der Waals surface area contributed by atoms with E-state index in [2.05, 4.69) is 30.7 Å². The second-order valence-electron chi connectivity index (χ2n) is 6.74. The van der Waals surface area contributed by atoms with Crippen LogP contribution < -0.4 is 0 Å². The quantitative estimate of drug-likeness (QED) is 0.164. The Kier molecular flexibility index (Phi) is 6.72. The second-order valence-corrected chi connectivity index (χ2v) is 6.74. The van der Waals surface area contributed by atoms with Gasteiger partial charge in [0.1, 0.15) is 0 Å². The van der Waals surface area contributed by atoms with Gasteiger partial charge in [-0.15, -0.1) is 0 Å². The van der Waals surface area contributed by atoms with E-state index < -0.39 is 4.92 Å². The maximum Gasteiger partial charge on any atom is 0.269 e. The summed E-state index contributed by atoms with van der Waals surface area (Å²) in [7, 11) is 0. The van der Waals surface area contributed by atoms with Gasteiger partial charge in [0.05, 0.1) is 39.0 Å². The highest BCUT2D eigenvalue weighted by atomic mass is 16.6. The van der Waals surface area contributed by atoms with Gasteiger partial charge in [0.25, 0.3) is 5.69 Å².